The lowest BCUT2D eigenvalue weighted by atomic mass is 10.1. The largest absolute Gasteiger partial charge is 0.458 e. The van der Waals surface area contributed by atoms with Gasteiger partial charge in [0, 0.05) is 11.6 Å². The average Bonchev–Trinajstić information content (AvgIpc) is 3.14. The number of nitrogens with zero attached hydrogens (tertiary/aromatic N) is 2. The zero-order valence-corrected chi connectivity index (χ0v) is 14.4. The molecular formula is C18H16N2O7. The van der Waals surface area contributed by atoms with Crippen LogP contribution in [0.3, 0.4) is 0 Å². The van der Waals surface area contributed by atoms with Gasteiger partial charge in [-0.15, -0.1) is 0 Å². The van der Waals surface area contributed by atoms with Crippen molar-refractivity contribution in [1.29, 1.82) is 0 Å². The van der Waals surface area contributed by atoms with Crippen molar-refractivity contribution in [3.05, 3.63) is 63.7 Å². The fourth-order valence-electron chi connectivity index (χ4n) is 2.37. The summed E-state index contributed by atoms with van der Waals surface area (Å²) in [5.41, 5.74) is 1.49. The van der Waals surface area contributed by atoms with Crippen molar-refractivity contribution in [3.63, 3.8) is 0 Å². The Morgan fingerprint density at radius 3 is 2.81 bits per heavy atom. The first kappa shape index (κ1) is 18.2. The van der Waals surface area contributed by atoms with Crippen LogP contribution in [-0.2, 0) is 21.0 Å². The lowest BCUT2D eigenvalue weighted by molar-refractivity contribution is -0.385. The van der Waals surface area contributed by atoms with Crippen LogP contribution < -0.4 is 9.47 Å². The Hall–Kier alpha value is -3.62. The van der Waals surface area contributed by atoms with Gasteiger partial charge in [-0.3, -0.25) is 10.1 Å². The van der Waals surface area contributed by atoms with E-state index in [1.54, 1.807) is 37.3 Å². The summed E-state index contributed by atoms with van der Waals surface area (Å²) in [4.78, 5) is 27.1. The summed E-state index contributed by atoms with van der Waals surface area (Å²) >= 11 is 0. The van der Waals surface area contributed by atoms with Gasteiger partial charge in [0.15, 0.2) is 11.5 Å². The molecule has 0 bridgehead atoms. The maximum absolute atomic E-state index is 11.7. The third kappa shape index (κ3) is 4.51. The summed E-state index contributed by atoms with van der Waals surface area (Å²) in [5.74, 6) is 0.590. The Balaban J connectivity index is 1.51. The minimum atomic E-state index is -0.685. The number of nitro groups is 1. The summed E-state index contributed by atoms with van der Waals surface area (Å²) in [6, 6.07) is 11.4. The standard InChI is InChI=1S/C18H16N2O7/c1-12(13-6-7-16-17(8-13)26-11-25-16)19-27-10-18(21)24-9-14-4-2-3-5-15(14)20(22)23/h2-8H,9-11H2,1H3/b19-12+. The zero-order chi connectivity index (χ0) is 19.2. The summed E-state index contributed by atoms with van der Waals surface area (Å²) in [6.45, 7) is 1.26. The number of rotatable bonds is 7. The van der Waals surface area contributed by atoms with Gasteiger partial charge in [0.05, 0.1) is 16.2 Å². The molecule has 1 aliphatic rings. The van der Waals surface area contributed by atoms with E-state index in [0.29, 0.717) is 22.8 Å². The van der Waals surface area contributed by atoms with Crippen molar-refractivity contribution in [3.8, 4) is 11.5 Å². The number of ether oxygens (including phenoxy) is 3. The van der Waals surface area contributed by atoms with Crippen LogP contribution in [0.25, 0.3) is 0 Å². The monoisotopic (exact) mass is 372 g/mol. The van der Waals surface area contributed by atoms with Gasteiger partial charge in [-0.1, -0.05) is 17.3 Å². The summed E-state index contributed by atoms with van der Waals surface area (Å²) < 4.78 is 15.5. The number of oxime groups is 1. The third-order valence-electron chi connectivity index (χ3n) is 3.75. The Bertz CT molecular complexity index is 895. The van der Waals surface area contributed by atoms with Gasteiger partial charge in [-0.05, 0) is 31.2 Å². The van der Waals surface area contributed by atoms with Crippen LogP contribution in [0.1, 0.15) is 18.1 Å². The molecule has 0 amide bonds. The van der Waals surface area contributed by atoms with E-state index in [0.717, 1.165) is 5.56 Å². The molecule has 0 fully saturated rings. The Kier molecular flexibility index (Phi) is 5.50. The lowest BCUT2D eigenvalue weighted by Crippen LogP contribution is -2.12. The van der Waals surface area contributed by atoms with Crippen molar-refractivity contribution >= 4 is 17.4 Å². The number of nitro benzene ring substituents is 1. The van der Waals surface area contributed by atoms with Gasteiger partial charge in [-0.25, -0.2) is 4.79 Å². The van der Waals surface area contributed by atoms with E-state index >= 15 is 0 Å². The molecule has 0 N–H and O–H groups in total. The van der Waals surface area contributed by atoms with Gasteiger partial charge in [0.25, 0.3) is 5.69 Å². The highest BCUT2D eigenvalue weighted by atomic mass is 16.7. The molecule has 0 radical (unpaired) electrons. The van der Waals surface area contributed by atoms with Gasteiger partial charge >= 0.3 is 5.97 Å². The smallest absolute Gasteiger partial charge is 0.347 e. The highest BCUT2D eigenvalue weighted by Gasteiger charge is 2.15. The molecule has 27 heavy (non-hydrogen) atoms. The first-order valence-corrected chi connectivity index (χ1v) is 7.99. The molecule has 0 aromatic heterocycles. The van der Waals surface area contributed by atoms with Crippen LogP contribution in [0.15, 0.2) is 47.6 Å². The molecule has 2 aromatic carbocycles. The van der Waals surface area contributed by atoms with Gasteiger partial charge < -0.3 is 19.0 Å². The van der Waals surface area contributed by atoms with Gasteiger partial charge in [-0.2, -0.15) is 0 Å². The third-order valence-corrected chi connectivity index (χ3v) is 3.75. The number of hydrogen-bond acceptors (Lipinski definition) is 8. The predicted molar refractivity (Wildman–Crippen MR) is 93.6 cm³/mol. The number of benzene rings is 2. The quantitative estimate of drug-likeness (QED) is 0.318. The number of hydrogen-bond donors (Lipinski definition) is 0. The van der Waals surface area contributed by atoms with Gasteiger partial charge in [0.1, 0.15) is 6.61 Å². The van der Waals surface area contributed by atoms with E-state index in [9.17, 15) is 14.9 Å². The number of carbonyl (C=O) groups is 1. The molecule has 0 saturated heterocycles. The maximum atomic E-state index is 11.7. The van der Waals surface area contributed by atoms with E-state index < -0.39 is 17.5 Å². The van der Waals surface area contributed by atoms with Crippen LogP contribution >= 0.6 is 0 Å². The summed E-state index contributed by atoms with van der Waals surface area (Å²) in [5, 5.41) is 14.8. The molecule has 9 nitrogen and oxygen atoms in total. The molecule has 0 saturated carbocycles. The normalized spacial score (nSPS) is 12.6. The fraction of sp³-hybridized carbons (Fsp3) is 0.222. The minimum Gasteiger partial charge on any atom is -0.458 e. The molecule has 0 unspecified atom stereocenters. The molecule has 0 atom stereocenters. The number of esters is 1. The van der Waals surface area contributed by atoms with Crippen LogP contribution in [-0.4, -0.2) is 30.0 Å². The highest BCUT2D eigenvalue weighted by molar-refractivity contribution is 5.99. The van der Waals surface area contributed by atoms with E-state index in [2.05, 4.69) is 5.16 Å². The van der Waals surface area contributed by atoms with Crippen LogP contribution in [0.2, 0.25) is 0 Å². The Labute approximate surface area is 154 Å². The number of para-hydroxylation sites is 1. The van der Waals surface area contributed by atoms with Crippen molar-refractivity contribution in [2.45, 2.75) is 13.5 Å². The molecule has 0 aliphatic carbocycles. The fourth-order valence-corrected chi connectivity index (χ4v) is 2.37. The number of fused-ring (bicyclic) bond motifs is 1. The van der Waals surface area contributed by atoms with Crippen molar-refractivity contribution < 1.29 is 28.8 Å². The molecule has 140 valence electrons. The topological polar surface area (TPSA) is 109 Å². The van der Waals surface area contributed by atoms with E-state index in [1.807, 2.05) is 0 Å². The molecule has 0 spiro atoms. The maximum Gasteiger partial charge on any atom is 0.347 e. The SMILES string of the molecule is C/C(=N\OCC(=O)OCc1ccccc1[N+](=O)[O-])c1ccc2c(c1)OCO2. The summed E-state index contributed by atoms with van der Waals surface area (Å²) in [7, 11) is 0. The lowest BCUT2D eigenvalue weighted by Gasteiger charge is -2.06. The average molecular weight is 372 g/mol. The second-order valence-electron chi connectivity index (χ2n) is 5.56. The first-order chi connectivity index (χ1) is 13.0. The van der Waals surface area contributed by atoms with Crippen molar-refractivity contribution in [2.24, 2.45) is 5.16 Å². The number of carbonyl (C=O) groups excluding carboxylic acids is 1. The summed E-state index contributed by atoms with van der Waals surface area (Å²) in [6.07, 6.45) is 0. The second-order valence-corrected chi connectivity index (χ2v) is 5.56. The van der Waals surface area contributed by atoms with E-state index in [4.69, 9.17) is 19.0 Å². The Morgan fingerprint density at radius 1 is 1.22 bits per heavy atom. The van der Waals surface area contributed by atoms with E-state index in [1.165, 1.54) is 12.1 Å². The molecule has 3 rings (SSSR count). The van der Waals surface area contributed by atoms with Crippen molar-refractivity contribution in [2.75, 3.05) is 13.4 Å². The molecular weight excluding hydrogens is 356 g/mol. The van der Waals surface area contributed by atoms with Crippen molar-refractivity contribution in [1.82, 2.24) is 0 Å². The second kappa shape index (κ2) is 8.17. The molecule has 1 heterocycles. The predicted octanol–water partition coefficient (Wildman–Crippen LogP) is 2.81. The van der Waals surface area contributed by atoms with E-state index in [-0.39, 0.29) is 19.1 Å². The van der Waals surface area contributed by atoms with Crippen LogP contribution in [0, 0.1) is 10.1 Å². The van der Waals surface area contributed by atoms with Gasteiger partial charge in [0.2, 0.25) is 13.4 Å². The first-order valence-electron chi connectivity index (χ1n) is 7.99. The molecule has 2 aromatic rings. The highest BCUT2D eigenvalue weighted by Crippen LogP contribution is 2.32. The molecule has 1 aliphatic heterocycles. The van der Waals surface area contributed by atoms with Crippen LogP contribution in [0.4, 0.5) is 5.69 Å². The Morgan fingerprint density at radius 2 is 2.00 bits per heavy atom. The molecule has 9 heteroatoms. The minimum absolute atomic E-state index is 0.108. The zero-order valence-electron chi connectivity index (χ0n) is 14.4. The van der Waals surface area contributed by atoms with Crippen LogP contribution in [0.5, 0.6) is 11.5 Å².